The average Bonchev–Trinajstić information content (AvgIpc) is 2.38. The molecular weight excluding hydrogens is 264 g/mol. The van der Waals surface area contributed by atoms with Gasteiger partial charge in [-0.25, -0.2) is 0 Å². The first-order valence-electron chi connectivity index (χ1n) is 8.05. The summed E-state index contributed by atoms with van der Waals surface area (Å²) in [5, 5.41) is 21.4. The van der Waals surface area contributed by atoms with Crippen LogP contribution in [0.25, 0.3) is 0 Å². The summed E-state index contributed by atoms with van der Waals surface area (Å²) in [5.74, 6) is 0.0128. The minimum absolute atomic E-state index is 0.0170. The molecule has 1 aromatic carbocycles. The molecule has 0 aromatic heterocycles. The van der Waals surface area contributed by atoms with Crippen LogP contribution in [0, 0.1) is 11.3 Å². The third kappa shape index (κ3) is 2.13. The number of hydrogen-bond acceptors (Lipinski definition) is 3. The van der Waals surface area contributed by atoms with Gasteiger partial charge in [-0.1, -0.05) is 34.1 Å². The molecule has 1 aliphatic carbocycles. The minimum Gasteiger partial charge on any atom is -0.508 e. The van der Waals surface area contributed by atoms with Crippen molar-refractivity contribution in [3.63, 3.8) is 0 Å². The van der Waals surface area contributed by atoms with Crippen LogP contribution in [0.2, 0.25) is 0 Å². The van der Waals surface area contributed by atoms with E-state index in [9.17, 15) is 10.2 Å². The summed E-state index contributed by atoms with van der Waals surface area (Å²) < 4.78 is 5.96. The maximum atomic E-state index is 10.9. The van der Waals surface area contributed by atoms with Crippen molar-refractivity contribution >= 4 is 0 Å². The van der Waals surface area contributed by atoms with E-state index >= 15 is 0 Å². The van der Waals surface area contributed by atoms with Gasteiger partial charge in [-0.3, -0.25) is 0 Å². The first-order valence-corrected chi connectivity index (χ1v) is 8.05. The number of phenols is 1. The molecule has 1 unspecified atom stereocenters. The zero-order chi connectivity index (χ0) is 15.4. The quantitative estimate of drug-likeness (QED) is 0.866. The number of phenolic OH excluding ortho intramolecular Hbond substituents is 1. The normalized spacial score (nSPS) is 33.2. The Labute approximate surface area is 127 Å². The Morgan fingerprint density at radius 2 is 2.00 bits per heavy atom. The second-order valence-electron chi connectivity index (χ2n) is 7.48. The third-order valence-corrected chi connectivity index (χ3v) is 5.50. The Bertz CT molecular complexity index is 564. The molecule has 0 spiro atoms. The number of aromatic hydroxyl groups is 1. The standard InChI is InChI=1S/C18H26O3/c1-5-6-12-9-13(19)15-14(10-12)21-18(20)8-7-17(3,4)16(15)11(18)2/h9-11,16,19-20H,5-8H2,1-4H3/t11-,16?,18-/m1/s1. The number of aliphatic hydroxyl groups is 1. The van der Waals surface area contributed by atoms with Gasteiger partial charge in [-0.05, 0) is 36.0 Å². The molecule has 1 aromatic rings. The Morgan fingerprint density at radius 1 is 1.29 bits per heavy atom. The predicted octanol–water partition coefficient (Wildman–Crippen LogP) is 3.97. The van der Waals surface area contributed by atoms with E-state index in [1.165, 1.54) is 0 Å². The van der Waals surface area contributed by atoms with E-state index in [4.69, 9.17) is 4.74 Å². The van der Waals surface area contributed by atoms with Crippen molar-refractivity contribution in [3.8, 4) is 11.5 Å². The van der Waals surface area contributed by atoms with Gasteiger partial charge in [0.1, 0.15) is 11.5 Å². The number of aryl methyl sites for hydroxylation is 1. The summed E-state index contributed by atoms with van der Waals surface area (Å²) in [6, 6.07) is 3.87. The highest BCUT2D eigenvalue weighted by molar-refractivity contribution is 5.52. The first-order chi connectivity index (χ1) is 9.78. The van der Waals surface area contributed by atoms with Crippen LogP contribution in [0.3, 0.4) is 0 Å². The van der Waals surface area contributed by atoms with Crippen LogP contribution in [-0.4, -0.2) is 16.0 Å². The minimum atomic E-state index is -1.09. The lowest BCUT2D eigenvalue weighted by Gasteiger charge is -2.54. The molecule has 3 nitrogen and oxygen atoms in total. The summed E-state index contributed by atoms with van der Waals surface area (Å²) in [5.41, 5.74) is 2.01. The predicted molar refractivity (Wildman–Crippen MR) is 82.6 cm³/mol. The Kier molecular flexibility index (Phi) is 3.25. The largest absolute Gasteiger partial charge is 0.508 e. The molecule has 1 aliphatic heterocycles. The molecule has 0 amide bonds. The summed E-state index contributed by atoms with van der Waals surface area (Å²) >= 11 is 0. The fraction of sp³-hybridized carbons (Fsp3) is 0.667. The Balaban J connectivity index is 2.17. The monoisotopic (exact) mass is 290 g/mol. The van der Waals surface area contributed by atoms with E-state index in [2.05, 4.69) is 20.8 Å². The zero-order valence-corrected chi connectivity index (χ0v) is 13.4. The molecule has 2 bridgehead atoms. The second kappa shape index (κ2) is 4.64. The maximum absolute atomic E-state index is 10.9. The van der Waals surface area contributed by atoms with Crippen molar-refractivity contribution in [1.82, 2.24) is 0 Å². The maximum Gasteiger partial charge on any atom is 0.211 e. The number of ether oxygens (including phenoxy) is 1. The molecule has 3 heteroatoms. The van der Waals surface area contributed by atoms with Crippen molar-refractivity contribution in [1.29, 1.82) is 0 Å². The van der Waals surface area contributed by atoms with E-state index in [-0.39, 0.29) is 17.3 Å². The van der Waals surface area contributed by atoms with E-state index < -0.39 is 5.79 Å². The summed E-state index contributed by atoms with van der Waals surface area (Å²) in [6.45, 7) is 8.60. The van der Waals surface area contributed by atoms with Crippen molar-refractivity contribution in [2.24, 2.45) is 11.3 Å². The highest BCUT2D eigenvalue weighted by Gasteiger charge is 2.56. The third-order valence-electron chi connectivity index (χ3n) is 5.50. The van der Waals surface area contributed by atoms with Crippen LogP contribution in [0.5, 0.6) is 11.5 Å². The van der Waals surface area contributed by atoms with Gasteiger partial charge in [0, 0.05) is 23.8 Å². The molecule has 1 fully saturated rings. The fourth-order valence-corrected chi connectivity index (χ4v) is 4.29. The van der Waals surface area contributed by atoms with Crippen LogP contribution in [-0.2, 0) is 6.42 Å². The van der Waals surface area contributed by atoms with E-state index in [0.717, 1.165) is 30.4 Å². The van der Waals surface area contributed by atoms with E-state index in [1.807, 2.05) is 19.1 Å². The van der Waals surface area contributed by atoms with Crippen molar-refractivity contribution < 1.29 is 14.9 Å². The molecule has 2 aliphatic rings. The molecule has 116 valence electrons. The highest BCUT2D eigenvalue weighted by Crippen LogP contribution is 2.60. The highest BCUT2D eigenvalue weighted by atomic mass is 16.6. The van der Waals surface area contributed by atoms with Crippen LogP contribution in [0.15, 0.2) is 12.1 Å². The van der Waals surface area contributed by atoms with Gasteiger partial charge < -0.3 is 14.9 Å². The van der Waals surface area contributed by atoms with Crippen molar-refractivity contribution in [2.45, 2.75) is 65.1 Å². The lowest BCUT2D eigenvalue weighted by atomic mass is 9.58. The van der Waals surface area contributed by atoms with Gasteiger partial charge in [-0.15, -0.1) is 0 Å². The molecule has 3 atom stereocenters. The number of fused-ring (bicyclic) bond motifs is 4. The number of hydrogen-bond donors (Lipinski definition) is 2. The molecule has 0 radical (unpaired) electrons. The fourth-order valence-electron chi connectivity index (χ4n) is 4.29. The van der Waals surface area contributed by atoms with Crippen LogP contribution >= 0.6 is 0 Å². The van der Waals surface area contributed by atoms with Crippen LogP contribution in [0.1, 0.15) is 64.0 Å². The van der Waals surface area contributed by atoms with Crippen LogP contribution < -0.4 is 4.74 Å². The van der Waals surface area contributed by atoms with Crippen molar-refractivity contribution in [2.75, 3.05) is 0 Å². The van der Waals surface area contributed by atoms with Gasteiger partial charge in [0.15, 0.2) is 0 Å². The zero-order valence-electron chi connectivity index (χ0n) is 13.4. The van der Waals surface area contributed by atoms with E-state index in [1.54, 1.807) is 0 Å². The number of benzene rings is 1. The first kappa shape index (κ1) is 14.7. The molecule has 21 heavy (non-hydrogen) atoms. The summed E-state index contributed by atoms with van der Waals surface area (Å²) in [7, 11) is 0. The molecular formula is C18H26O3. The van der Waals surface area contributed by atoms with Gasteiger partial charge in [0.2, 0.25) is 5.79 Å². The lowest BCUT2D eigenvalue weighted by molar-refractivity contribution is -0.225. The molecule has 0 saturated heterocycles. The van der Waals surface area contributed by atoms with E-state index in [0.29, 0.717) is 17.9 Å². The smallest absolute Gasteiger partial charge is 0.211 e. The topological polar surface area (TPSA) is 49.7 Å². The van der Waals surface area contributed by atoms with Gasteiger partial charge in [-0.2, -0.15) is 0 Å². The lowest BCUT2D eigenvalue weighted by Crippen LogP contribution is -2.55. The van der Waals surface area contributed by atoms with Crippen molar-refractivity contribution in [3.05, 3.63) is 23.3 Å². The number of rotatable bonds is 2. The molecule has 3 rings (SSSR count). The second-order valence-corrected chi connectivity index (χ2v) is 7.48. The Hall–Kier alpha value is -1.22. The SMILES string of the molecule is CCCc1cc(O)c2c(c1)O[C@]1(O)CCC(C)(C)C2[C@H]1C. The van der Waals surface area contributed by atoms with Crippen LogP contribution in [0.4, 0.5) is 0 Å². The van der Waals surface area contributed by atoms with Gasteiger partial charge >= 0.3 is 0 Å². The van der Waals surface area contributed by atoms with Gasteiger partial charge in [0.05, 0.1) is 0 Å². The van der Waals surface area contributed by atoms with Gasteiger partial charge in [0.25, 0.3) is 0 Å². The molecule has 1 heterocycles. The average molecular weight is 290 g/mol. The Morgan fingerprint density at radius 3 is 2.67 bits per heavy atom. The summed E-state index contributed by atoms with van der Waals surface area (Å²) in [4.78, 5) is 0. The molecule has 2 N–H and O–H groups in total. The molecule has 1 saturated carbocycles. The summed E-state index contributed by atoms with van der Waals surface area (Å²) in [6.07, 6.45) is 3.48.